The van der Waals surface area contributed by atoms with Crippen molar-refractivity contribution in [3.8, 4) is 0 Å². The summed E-state index contributed by atoms with van der Waals surface area (Å²) in [5.74, 6) is 0. The number of hydrogen-bond donors (Lipinski definition) is 0. The van der Waals surface area contributed by atoms with Gasteiger partial charge in [0, 0.05) is 23.6 Å². The van der Waals surface area contributed by atoms with E-state index in [9.17, 15) is 0 Å². The second kappa shape index (κ2) is 30.1. The summed E-state index contributed by atoms with van der Waals surface area (Å²) in [5.41, 5.74) is 3.05. The van der Waals surface area contributed by atoms with Gasteiger partial charge in [0.15, 0.2) is 0 Å². The number of aryl methyl sites for hydroxylation is 2. The maximum Gasteiger partial charge on any atom is 0.0483 e. The van der Waals surface area contributed by atoms with E-state index in [0.29, 0.717) is 0 Å². The number of benzene rings is 1. The van der Waals surface area contributed by atoms with Crippen molar-refractivity contribution >= 4 is 10.9 Å². The molecule has 0 aliphatic carbocycles. The Morgan fingerprint density at radius 3 is 1.11 bits per heavy atom. The number of nitrogens with zero attached hydrogens (tertiary/aromatic N) is 1. The van der Waals surface area contributed by atoms with Crippen LogP contribution in [0.5, 0.6) is 0 Å². The molecule has 0 saturated carbocycles. The molecular weight excluding hydrogens is 542 g/mol. The van der Waals surface area contributed by atoms with Crippen molar-refractivity contribution in [1.82, 2.24) is 4.57 Å². The normalized spacial score (nSPS) is 11.7. The molecule has 0 saturated heterocycles. The lowest BCUT2D eigenvalue weighted by atomic mass is 10.0. The lowest BCUT2D eigenvalue weighted by Gasteiger charge is -2.06. The first-order valence-corrected chi connectivity index (χ1v) is 20.9. The number of rotatable bonds is 34. The zero-order chi connectivity index (χ0) is 31.9. The van der Waals surface area contributed by atoms with E-state index in [1.807, 2.05) is 0 Å². The Balaban J connectivity index is 1.43. The molecule has 0 radical (unpaired) electrons. The Morgan fingerprint density at radius 2 is 0.711 bits per heavy atom. The predicted molar refractivity (Wildman–Crippen MR) is 205 cm³/mol. The van der Waals surface area contributed by atoms with Crippen molar-refractivity contribution in [1.29, 1.82) is 0 Å². The molecule has 0 atom stereocenters. The molecule has 1 heterocycles. The summed E-state index contributed by atoms with van der Waals surface area (Å²) in [7, 11) is 0. The molecule has 0 spiro atoms. The lowest BCUT2D eigenvalue weighted by Crippen LogP contribution is -1.96. The average Bonchev–Trinajstić information content (AvgIpc) is 3.41. The van der Waals surface area contributed by atoms with Gasteiger partial charge in [0.2, 0.25) is 0 Å². The highest BCUT2D eigenvalue weighted by Gasteiger charge is 2.08. The first kappa shape index (κ1) is 39.9. The lowest BCUT2D eigenvalue weighted by molar-refractivity contribution is 0.522. The van der Waals surface area contributed by atoms with Gasteiger partial charge in [-0.15, -0.1) is 0 Å². The standard InChI is InChI=1S/C44H79N/c1-3-5-7-9-11-13-15-17-19-21-23-25-27-29-31-33-37-42-41-45(44-39-35-34-38-43(42)44)40-36-32-30-28-26-24-22-20-18-16-14-12-10-8-6-4-2/h34-35,38-39,41H,3-33,36-37,40H2,1-2H3. The van der Waals surface area contributed by atoms with E-state index < -0.39 is 0 Å². The summed E-state index contributed by atoms with van der Waals surface area (Å²) in [6.45, 7) is 5.81. The van der Waals surface area contributed by atoms with Crippen LogP contribution in [-0.2, 0) is 13.0 Å². The number of aromatic nitrogens is 1. The quantitative estimate of drug-likeness (QED) is 0.0685. The molecule has 1 nitrogen and oxygen atoms in total. The third-order valence-corrected chi connectivity index (χ3v) is 10.4. The average molecular weight is 622 g/mol. The van der Waals surface area contributed by atoms with E-state index in [1.165, 1.54) is 229 Å². The minimum atomic E-state index is 1.19. The molecule has 2 rings (SSSR count). The van der Waals surface area contributed by atoms with Gasteiger partial charge in [0.05, 0.1) is 0 Å². The van der Waals surface area contributed by atoms with Crippen molar-refractivity contribution in [2.75, 3.05) is 0 Å². The first-order chi connectivity index (χ1) is 22.4. The smallest absolute Gasteiger partial charge is 0.0483 e. The van der Waals surface area contributed by atoms with Crippen LogP contribution >= 0.6 is 0 Å². The molecule has 0 fully saturated rings. The minimum Gasteiger partial charge on any atom is -0.347 e. The molecule has 1 aromatic heterocycles. The number of fused-ring (bicyclic) bond motifs is 1. The summed E-state index contributed by atoms with van der Waals surface area (Å²) in [4.78, 5) is 0. The molecule has 0 bridgehead atoms. The third-order valence-electron chi connectivity index (χ3n) is 10.4. The fourth-order valence-electron chi connectivity index (χ4n) is 7.40. The van der Waals surface area contributed by atoms with Crippen LogP contribution in [0.3, 0.4) is 0 Å². The van der Waals surface area contributed by atoms with Gasteiger partial charge in [0.25, 0.3) is 0 Å². The highest BCUT2D eigenvalue weighted by Crippen LogP contribution is 2.24. The monoisotopic (exact) mass is 622 g/mol. The number of para-hydroxylation sites is 1. The van der Waals surface area contributed by atoms with E-state index >= 15 is 0 Å². The fraction of sp³-hybridized carbons (Fsp3) is 0.818. The minimum absolute atomic E-state index is 1.19. The molecule has 2 aromatic rings. The highest BCUT2D eigenvalue weighted by atomic mass is 15.0. The van der Waals surface area contributed by atoms with Crippen LogP contribution in [-0.4, -0.2) is 4.57 Å². The second-order valence-corrected chi connectivity index (χ2v) is 14.7. The van der Waals surface area contributed by atoms with Crippen LogP contribution in [0.4, 0.5) is 0 Å². The van der Waals surface area contributed by atoms with Gasteiger partial charge in [-0.25, -0.2) is 0 Å². The van der Waals surface area contributed by atoms with E-state index in [4.69, 9.17) is 0 Å². The van der Waals surface area contributed by atoms with Crippen LogP contribution in [0.15, 0.2) is 30.5 Å². The number of unbranched alkanes of at least 4 members (excludes halogenated alkanes) is 30. The van der Waals surface area contributed by atoms with Crippen LogP contribution in [0.2, 0.25) is 0 Å². The molecule has 45 heavy (non-hydrogen) atoms. The Kier molecular flexibility index (Phi) is 26.7. The first-order valence-electron chi connectivity index (χ1n) is 20.9. The summed E-state index contributed by atoms with van der Waals surface area (Å²) >= 11 is 0. The molecule has 0 aliphatic heterocycles. The summed E-state index contributed by atoms with van der Waals surface area (Å²) < 4.78 is 2.57. The third kappa shape index (κ3) is 21.3. The van der Waals surface area contributed by atoms with Gasteiger partial charge < -0.3 is 4.57 Å². The van der Waals surface area contributed by atoms with Crippen LogP contribution in [0.1, 0.15) is 225 Å². The van der Waals surface area contributed by atoms with Crippen LogP contribution in [0, 0.1) is 0 Å². The maximum atomic E-state index is 2.57. The summed E-state index contributed by atoms with van der Waals surface area (Å²) in [6, 6.07) is 9.17. The Morgan fingerprint density at radius 1 is 0.378 bits per heavy atom. The molecule has 1 aromatic carbocycles. The SMILES string of the molecule is CCCCCCCCCCCCCCCCCCc1cn(CCCCCCCCCCCCCCCCCC)c2ccccc12. The van der Waals surface area contributed by atoms with Crippen molar-refractivity contribution in [3.05, 3.63) is 36.0 Å². The largest absolute Gasteiger partial charge is 0.347 e. The Hall–Kier alpha value is -1.24. The Labute approximate surface area is 283 Å². The van der Waals surface area contributed by atoms with Crippen LogP contribution in [0.25, 0.3) is 10.9 Å². The van der Waals surface area contributed by atoms with Gasteiger partial charge in [-0.05, 0) is 30.9 Å². The van der Waals surface area contributed by atoms with E-state index in [1.54, 1.807) is 5.56 Å². The molecule has 0 aliphatic rings. The van der Waals surface area contributed by atoms with E-state index in [0.717, 1.165) is 0 Å². The van der Waals surface area contributed by atoms with E-state index in [2.05, 4.69) is 48.9 Å². The molecule has 0 N–H and O–H groups in total. The summed E-state index contributed by atoms with van der Waals surface area (Å²) in [5, 5.41) is 1.51. The van der Waals surface area contributed by atoms with Gasteiger partial charge in [0.1, 0.15) is 0 Å². The number of hydrogen-bond acceptors (Lipinski definition) is 0. The van der Waals surface area contributed by atoms with Gasteiger partial charge in [-0.3, -0.25) is 0 Å². The molecule has 260 valence electrons. The predicted octanol–water partition coefficient (Wildman–Crippen LogP) is 15.7. The maximum absolute atomic E-state index is 2.57. The molecular formula is C44H79N. The zero-order valence-electron chi connectivity index (χ0n) is 30.9. The van der Waals surface area contributed by atoms with Gasteiger partial charge >= 0.3 is 0 Å². The summed E-state index contributed by atoms with van der Waals surface area (Å²) in [6.07, 6.45) is 49.9. The van der Waals surface area contributed by atoms with Crippen LogP contribution < -0.4 is 0 Å². The van der Waals surface area contributed by atoms with E-state index in [-0.39, 0.29) is 0 Å². The van der Waals surface area contributed by atoms with Crippen molar-refractivity contribution in [2.45, 2.75) is 232 Å². The van der Waals surface area contributed by atoms with Crippen molar-refractivity contribution < 1.29 is 0 Å². The topological polar surface area (TPSA) is 4.93 Å². The van der Waals surface area contributed by atoms with Crippen molar-refractivity contribution in [2.24, 2.45) is 0 Å². The Bertz CT molecular complexity index is 808. The molecule has 0 unspecified atom stereocenters. The molecule has 1 heteroatoms. The van der Waals surface area contributed by atoms with Gasteiger partial charge in [-0.2, -0.15) is 0 Å². The second-order valence-electron chi connectivity index (χ2n) is 14.7. The molecule has 0 amide bonds. The highest BCUT2D eigenvalue weighted by molar-refractivity contribution is 5.83. The fourth-order valence-corrected chi connectivity index (χ4v) is 7.40. The van der Waals surface area contributed by atoms with Gasteiger partial charge in [-0.1, -0.05) is 225 Å². The van der Waals surface area contributed by atoms with Crippen molar-refractivity contribution in [3.63, 3.8) is 0 Å². The zero-order valence-corrected chi connectivity index (χ0v) is 30.9.